The molecule has 3 heterocycles. The van der Waals surface area contributed by atoms with Crippen LogP contribution < -0.4 is 19.8 Å². The summed E-state index contributed by atoms with van der Waals surface area (Å²) in [6, 6.07) is 10.2. The Hall–Kier alpha value is -2.73. The van der Waals surface area contributed by atoms with E-state index in [4.69, 9.17) is 9.72 Å². The van der Waals surface area contributed by atoms with Gasteiger partial charge in [-0.1, -0.05) is 0 Å². The van der Waals surface area contributed by atoms with Gasteiger partial charge in [0.25, 0.3) is 0 Å². The summed E-state index contributed by atoms with van der Waals surface area (Å²) < 4.78 is 33.2. The lowest BCUT2D eigenvalue weighted by Gasteiger charge is -2.44. The molecule has 2 N–H and O–H groups in total. The number of aromatic nitrogens is 1. The maximum atomic E-state index is 12.9. The molecular weight excluding hydrogens is 468 g/mol. The van der Waals surface area contributed by atoms with Gasteiger partial charge in [-0.3, -0.25) is 4.79 Å². The summed E-state index contributed by atoms with van der Waals surface area (Å²) >= 11 is 0. The number of carbonyl (C=O) groups excluding carboxylic acids is 1. The maximum absolute atomic E-state index is 12.9. The third-order valence-electron chi connectivity index (χ3n) is 6.44. The molecular formula is C24H34N6O4S. The van der Waals surface area contributed by atoms with Crippen LogP contribution >= 0.6 is 0 Å². The van der Waals surface area contributed by atoms with Gasteiger partial charge in [0, 0.05) is 45.1 Å². The van der Waals surface area contributed by atoms with Crippen molar-refractivity contribution < 1.29 is 17.9 Å². The second-order valence-corrected chi connectivity index (χ2v) is 11.0. The molecule has 190 valence electrons. The van der Waals surface area contributed by atoms with E-state index in [2.05, 4.69) is 14.9 Å². The lowest BCUT2D eigenvalue weighted by atomic mass is 10.0. The Morgan fingerprint density at radius 3 is 2.46 bits per heavy atom. The number of fused-ring (bicyclic) bond motifs is 1. The number of benzene rings is 1. The molecule has 1 aromatic heterocycles. The highest BCUT2D eigenvalue weighted by Gasteiger charge is 2.39. The zero-order valence-electron chi connectivity index (χ0n) is 20.7. The Balaban J connectivity index is 1.54. The number of nitrogens with zero attached hydrogens (tertiary/aromatic N) is 4. The standard InChI is InChI=1S/C24H34N6O4S/c1-17-24(31)29(4)21-9-10-22(27-23(21)30(17)19-11-15-34-16-12-19)26-18-5-7-20(8-6-18)35(32,33)25-13-14-28(2)3/h5-10,17,19,25H,11-16H2,1-4H3,(H,26,27)/t17-/m1/s1. The summed E-state index contributed by atoms with van der Waals surface area (Å²) in [4.78, 5) is 23.7. The number of nitrogens with one attached hydrogen (secondary N) is 2. The van der Waals surface area contributed by atoms with E-state index in [1.54, 1.807) is 36.2 Å². The topological polar surface area (TPSA) is 107 Å². The minimum Gasteiger partial charge on any atom is -0.381 e. The summed E-state index contributed by atoms with van der Waals surface area (Å²) in [5.41, 5.74) is 1.49. The van der Waals surface area contributed by atoms with E-state index in [1.807, 2.05) is 38.1 Å². The number of carbonyl (C=O) groups is 1. The van der Waals surface area contributed by atoms with Gasteiger partial charge in [-0.2, -0.15) is 0 Å². The van der Waals surface area contributed by atoms with Crippen molar-refractivity contribution in [3.8, 4) is 0 Å². The van der Waals surface area contributed by atoms with Gasteiger partial charge >= 0.3 is 0 Å². The van der Waals surface area contributed by atoms with Gasteiger partial charge in [0.1, 0.15) is 11.9 Å². The normalized spacial score (nSPS) is 19.2. The molecule has 0 saturated carbocycles. The first kappa shape index (κ1) is 25.4. The quantitative estimate of drug-likeness (QED) is 0.565. The number of sulfonamides is 1. The third-order valence-corrected chi connectivity index (χ3v) is 7.91. The number of pyridine rings is 1. The van der Waals surface area contributed by atoms with Crippen LogP contribution in [0.1, 0.15) is 19.8 Å². The van der Waals surface area contributed by atoms with Gasteiger partial charge in [0.2, 0.25) is 15.9 Å². The molecule has 1 saturated heterocycles. The fourth-order valence-electron chi connectivity index (χ4n) is 4.47. The number of likely N-dealkylation sites (N-methyl/N-ethyl adjacent to an activating group) is 2. The van der Waals surface area contributed by atoms with Gasteiger partial charge in [-0.15, -0.1) is 0 Å². The molecule has 4 rings (SSSR count). The Bertz CT molecular complexity index is 1150. The molecule has 35 heavy (non-hydrogen) atoms. The highest BCUT2D eigenvalue weighted by molar-refractivity contribution is 7.89. The van der Waals surface area contributed by atoms with Gasteiger partial charge in [0.05, 0.1) is 10.6 Å². The smallest absolute Gasteiger partial charge is 0.249 e. The van der Waals surface area contributed by atoms with Crippen LogP contribution in [0.15, 0.2) is 41.3 Å². The number of anilines is 4. The van der Waals surface area contributed by atoms with Crippen LogP contribution in [-0.4, -0.2) is 83.7 Å². The molecule has 0 spiro atoms. The summed E-state index contributed by atoms with van der Waals surface area (Å²) in [5.74, 6) is 1.43. The molecule has 2 aromatic rings. The lowest BCUT2D eigenvalue weighted by molar-refractivity contribution is -0.119. The van der Waals surface area contributed by atoms with Crippen molar-refractivity contribution in [2.75, 3.05) is 62.6 Å². The Labute approximate surface area is 207 Å². The third kappa shape index (κ3) is 5.58. The van der Waals surface area contributed by atoms with Gasteiger partial charge in [-0.05, 0) is 70.3 Å². The van der Waals surface area contributed by atoms with Gasteiger partial charge < -0.3 is 24.8 Å². The van der Waals surface area contributed by atoms with Crippen LogP contribution in [0.25, 0.3) is 0 Å². The minimum atomic E-state index is -3.57. The van der Waals surface area contributed by atoms with Crippen LogP contribution in [0.3, 0.4) is 0 Å². The number of ether oxygens (including phenoxy) is 1. The number of rotatable bonds is 8. The van der Waals surface area contributed by atoms with Crippen molar-refractivity contribution in [2.45, 2.75) is 36.7 Å². The second kappa shape index (κ2) is 10.5. The van der Waals surface area contributed by atoms with Crippen molar-refractivity contribution in [1.29, 1.82) is 0 Å². The molecule has 0 radical (unpaired) electrons. The molecule has 0 unspecified atom stereocenters. The van der Waals surface area contributed by atoms with E-state index in [0.717, 1.165) is 30.0 Å². The first-order chi connectivity index (χ1) is 16.7. The molecule has 10 nitrogen and oxygen atoms in total. The van der Waals surface area contributed by atoms with Gasteiger partial charge in [-0.25, -0.2) is 18.1 Å². The fraction of sp³-hybridized carbons (Fsp3) is 0.500. The van der Waals surface area contributed by atoms with Gasteiger partial charge in [0.15, 0.2) is 5.82 Å². The molecule has 2 aliphatic heterocycles. The SMILES string of the molecule is C[C@@H]1C(=O)N(C)c2ccc(Nc3ccc(S(=O)(=O)NCCN(C)C)cc3)nc2N1C1CCOCC1. The second-order valence-electron chi connectivity index (χ2n) is 9.21. The first-order valence-corrected chi connectivity index (χ1v) is 13.3. The highest BCUT2D eigenvalue weighted by Crippen LogP contribution is 2.38. The van der Waals surface area contributed by atoms with Crippen LogP contribution in [-0.2, 0) is 19.6 Å². The molecule has 2 aliphatic rings. The molecule has 11 heteroatoms. The Morgan fingerprint density at radius 2 is 1.80 bits per heavy atom. The number of hydrogen-bond donors (Lipinski definition) is 2. The van der Waals surface area contributed by atoms with Crippen molar-refractivity contribution in [3.05, 3.63) is 36.4 Å². The van der Waals surface area contributed by atoms with Crippen molar-refractivity contribution in [1.82, 2.24) is 14.6 Å². The number of hydrogen-bond acceptors (Lipinski definition) is 8. The molecule has 1 aromatic carbocycles. The molecule has 0 bridgehead atoms. The fourth-order valence-corrected chi connectivity index (χ4v) is 5.49. The zero-order valence-corrected chi connectivity index (χ0v) is 21.5. The van der Waals surface area contributed by atoms with Crippen molar-refractivity contribution in [3.63, 3.8) is 0 Å². The highest BCUT2D eigenvalue weighted by atomic mass is 32.2. The molecule has 1 atom stereocenters. The monoisotopic (exact) mass is 502 g/mol. The van der Waals surface area contributed by atoms with Crippen LogP contribution in [0.5, 0.6) is 0 Å². The average molecular weight is 503 g/mol. The van der Waals surface area contributed by atoms with E-state index in [1.165, 1.54) is 0 Å². The van der Waals surface area contributed by atoms with E-state index in [-0.39, 0.29) is 22.9 Å². The summed E-state index contributed by atoms with van der Waals surface area (Å²) in [6.45, 7) is 4.22. The maximum Gasteiger partial charge on any atom is 0.249 e. The minimum absolute atomic E-state index is 0.0440. The zero-order chi connectivity index (χ0) is 25.2. The Kier molecular flexibility index (Phi) is 7.60. The van der Waals surface area contributed by atoms with E-state index in [9.17, 15) is 13.2 Å². The van der Waals surface area contributed by atoms with Crippen LogP contribution in [0.2, 0.25) is 0 Å². The van der Waals surface area contributed by atoms with Crippen molar-refractivity contribution >= 4 is 38.9 Å². The first-order valence-electron chi connectivity index (χ1n) is 11.8. The largest absolute Gasteiger partial charge is 0.381 e. The molecule has 1 fully saturated rings. The van der Waals surface area contributed by atoms with E-state index >= 15 is 0 Å². The molecule has 1 amide bonds. The van der Waals surface area contributed by atoms with E-state index in [0.29, 0.717) is 32.1 Å². The summed E-state index contributed by atoms with van der Waals surface area (Å²) in [6.07, 6.45) is 1.69. The average Bonchev–Trinajstić information content (AvgIpc) is 2.83. The van der Waals surface area contributed by atoms with Crippen LogP contribution in [0.4, 0.5) is 23.0 Å². The predicted octanol–water partition coefficient (Wildman–Crippen LogP) is 2.02. The number of amides is 1. The van der Waals surface area contributed by atoms with Crippen LogP contribution in [0, 0.1) is 0 Å². The summed E-state index contributed by atoms with van der Waals surface area (Å²) in [5, 5.41) is 3.27. The predicted molar refractivity (Wildman–Crippen MR) is 137 cm³/mol. The van der Waals surface area contributed by atoms with E-state index < -0.39 is 10.0 Å². The molecule has 0 aliphatic carbocycles. The Morgan fingerprint density at radius 1 is 1.11 bits per heavy atom. The summed E-state index contributed by atoms with van der Waals surface area (Å²) in [7, 11) is 1.99. The van der Waals surface area contributed by atoms with Crippen molar-refractivity contribution in [2.24, 2.45) is 0 Å². The lowest BCUT2D eigenvalue weighted by Crippen LogP contribution is -2.56.